The van der Waals surface area contributed by atoms with Crippen LogP contribution in [0.2, 0.25) is 5.02 Å². The lowest BCUT2D eigenvalue weighted by molar-refractivity contribution is -0.113. The zero-order chi connectivity index (χ0) is 16.9. The van der Waals surface area contributed by atoms with Crippen molar-refractivity contribution in [3.8, 4) is 6.07 Å². The number of hydrogen-bond donors (Lipinski definition) is 1. The van der Waals surface area contributed by atoms with Crippen molar-refractivity contribution >= 4 is 56.5 Å². The molecule has 2 aromatic carbocycles. The number of carbonyl (C=O) groups excluding carboxylic acids is 1. The van der Waals surface area contributed by atoms with Gasteiger partial charge in [0.1, 0.15) is 0 Å². The van der Waals surface area contributed by atoms with E-state index in [0.29, 0.717) is 11.4 Å². The summed E-state index contributed by atoms with van der Waals surface area (Å²) in [5.41, 5.74) is 2.50. The first-order valence-corrected chi connectivity index (χ1v) is 9.27. The summed E-state index contributed by atoms with van der Waals surface area (Å²) in [5, 5.41) is 12.1. The molecule has 24 heavy (non-hydrogen) atoms. The Bertz CT molecular complexity index is 916. The van der Waals surface area contributed by atoms with Crippen LogP contribution < -0.4 is 5.32 Å². The summed E-state index contributed by atoms with van der Waals surface area (Å²) in [6.45, 7) is 0. The highest BCUT2D eigenvalue weighted by Gasteiger charge is 2.08. The first-order valence-electron chi connectivity index (χ1n) is 7.09. The third-order valence-electron chi connectivity index (χ3n) is 3.18. The topological polar surface area (TPSA) is 65.8 Å². The molecule has 1 heterocycles. The van der Waals surface area contributed by atoms with Crippen LogP contribution in [-0.2, 0) is 11.2 Å². The van der Waals surface area contributed by atoms with Gasteiger partial charge in [-0.15, -0.1) is 11.3 Å². The summed E-state index contributed by atoms with van der Waals surface area (Å²) in [6, 6.07) is 15.0. The summed E-state index contributed by atoms with van der Waals surface area (Å²) in [5.74, 6) is 0.193. The smallest absolute Gasteiger partial charge is 0.234 e. The van der Waals surface area contributed by atoms with Crippen LogP contribution in [0.5, 0.6) is 0 Å². The Morgan fingerprint density at radius 1 is 1.29 bits per heavy atom. The number of carbonyl (C=O) groups is 1. The number of halogens is 1. The quantitative estimate of drug-likeness (QED) is 0.655. The lowest BCUT2D eigenvalue weighted by atomic mass is 10.1. The lowest BCUT2D eigenvalue weighted by Gasteiger charge is -2.04. The van der Waals surface area contributed by atoms with Crippen molar-refractivity contribution in [2.75, 3.05) is 11.1 Å². The Kier molecular flexibility index (Phi) is 5.36. The van der Waals surface area contributed by atoms with E-state index in [4.69, 9.17) is 16.9 Å². The first-order chi connectivity index (χ1) is 11.6. The van der Waals surface area contributed by atoms with Gasteiger partial charge in [0.05, 0.1) is 28.5 Å². The molecule has 0 saturated heterocycles. The number of hydrogen-bond acceptors (Lipinski definition) is 5. The molecule has 3 rings (SSSR count). The van der Waals surface area contributed by atoms with Gasteiger partial charge in [0.25, 0.3) is 0 Å². The van der Waals surface area contributed by atoms with E-state index in [0.717, 1.165) is 25.8 Å². The predicted octanol–water partition coefficient (Wildman–Crippen LogP) is 4.75. The van der Waals surface area contributed by atoms with Gasteiger partial charge in [0.15, 0.2) is 4.34 Å². The maximum atomic E-state index is 12.0. The van der Waals surface area contributed by atoms with E-state index in [9.17, 15) is 4.79 Å². The number of fused-ring (bicyclic) bond motifs is 1. The van der Waals surface area contributed by atoms with Crippen molar-refractivity contribution in [1.82, 2.24) is 4.98 Å². The summed E-state index contributed by atoms with van der Waals surface area (Å²) < 4.78 is 1.89. The van der Waals surface area contributed by atoms with Crippen molar-refractivity contribution in [1.29, 1.82) is 5.26 Å². The molecule has 0 unspecified atom stereocenters. The zero-order valence-electron chi connectivity index (χ0n) is 12.5. The number of thioether (sulfide) groups is 1. The fourth-order valence-corrected chi connectivity index (χ4v) is 4.08. The number of nitrogens with zero attached hydrogens (tertiary/aromatic N) is 2. The second kappa shape index (κ2) is 7.67. The summed E-state index contributed by atoms with van der Waals surface area (Å²) in [7, 11) is 0. The molecule has 0 aliphatic rings. The summed E-state index contributed by atoms with van der Waals surface area (Å²) >= 11 is 8.90. The molecule has 0 bridgehead atoms. The van der Waals surface area contributed by atoms with E-state index >= 15 is 0 Å². The van der Waals surface area contributed by atoms with Crippen LogP contribution >= 0.6 is 34.7 Å². The minimum atomic E-state index is -0.0923. The summed E-state index contributed by atoms with van der Waals surface area (Å²) in [4.78, 5) is 16.5. The Hall–Kier alpha value is -2.07. The maximum absolute atomic E-state index is 12.0. The van der Waals surface area contributed by atoms with Gasteiger partial charge in [-0.3, -0.25) is 4.79 Å². The van der Waals surface area contributed by atoms with Gasteiger partial charge in [-0.05, 0) is 35.9 Å². The number of amides is 1. The number of nitriles is 1. The second-order valence-corrected chi connectivity index (χ2v) is 7.65. The van der Waals surface area contributed by atoms with Gasteiger partial charge in [-0.2, -0.15) is 5.26 Å². The van der Waals surface area contributed by atoms with Gasteiger partial charge >= 0.3 is 0 Å². The molecule has 7 heteroatoms. The molecule has 0 spiro atoms. The largest absolute Gasteiger partial charge is 0.325 e. The maximum Gasteiger partial charge on any atom is 0.234 e. The van der Waals surface area contributed by atoms with Crippen LogP contribution in [0.4, 0.5) is 5.69 Å². The Labute approximate surface area is 152 Å². The molecule has 3 aromatic rings. The molecule has 0 atom stereocenters. The molecule has 1 N–H and O–H groups in total. The predicted molar refractivity (Wildman–Crippen MR) is 99.7 cm³/mol. The highest BCUT2D eigenvalue weighted by molar-refractivity contribution is 8.01. The van der Waals surface area contributed by atoms with Gasteiger partial charge in [-0.1, -0.05) is 35.5 Å². The molecule has 0 aliphatic heterocycles. The molecule has 1 amide bonds. The van der Waals surface area contributed by atoms with Crippen molar-refractivity contribution in [3.05, 3.63) is 53.1 Å². The Morgan fingerprint density at radius 2 is 2.08 bits per heavy atom. The van der Waals surface area contributed by atoms with E-state index < -0.39 is 0 Å². The molecule has 0 radical (unpaired) electrons. The van der Waals surface area contributed by atoms with E-state index in [1.165, 1.54) is 11.8 Å². The van der Waals surface area contributed by atoms with Crippen LogP contribution in [0.25, 0.3) is 10.2 Å². The standard InChI is InChI=1S/C17H12ClN3OS2/c18-12-3-6-15-14(9-12)21-17(24-15)23-10-16(22)20-13-4-1-11(2-5-13)7-8-19/h1-6,9H,7,10H2,(H,20,22). The highest BCUT2D eigenvalue weighted by atomic mass is 35.5. The van der Waals surface area contributed by atoms with Crippen molar-refractivity contribution < 1.29 is 4.79 Å². The van der Waals surface area contributed by atoms with Crippen LogP contribution in [0.1, 0.15) is 5.56 Å². The van der Waals surface area contributed by atoms with Crippen LogP contribution in [0, 0.1) is 11.3 Å². The number of benzene rings is 2. The third kappa shape index (κ3) is 4.26. The van der Waals surface area contributed by atoms with E-state index in [1.54, 1.807) is 23.5 Å². The van der Waals surface area contributed by atoms with Crippen molar-refractivity contribution in [2.24, 2.45) is 0 Å². The SMILES string of the molecule is N#CCc1ccc(NC(=O)CSc2nc3cc(Cl)ccc3s2)cc1. The number of rotatable bonds is 5. The molecule has 0 fully saturated rings. The zero-order valence-corrected chi connectivity index (χ0v) is 14.8. The first kappa shape index (κ1) is 16.8. The second-order valence-electron chi connectivity index (χ2n) is 4.96. The third-order valence-corrected chi connectivity index (χ3v) is 5.59. The number of thiazole rings is 1. The van der Waals surface area contributed by atoms with Crippen LogP contribution in [0.3, 0.4) is 0 Å². The fourth-order valence-electron chi connectivity index (χ4n) is 2.06. The fraction of sp³-hybridized carbons (Fsp3) is 0.118. The van der Waals surface area contributed by atoms with Crippen LogP contribution in [0.15, 0.2) is 46.8 Å². The van der Waals surface area contributed by atoms with Crippen LogP contribution in [-0.4, -0.2) is 16.6 Å². The number of nitrogens with one attached hydrogen (secondary N) is 1. The van der Waals surface area contributed by atoms with E-state index in [-0.39, 0.29) is 11.7 Å². The monoisotopic (exact) mass is 373 g/mol. The molecular formula is C17H12ClN3OS2. The van der Waals surface area contributed by atoms with E-state index in [2.05, 4.69) is 16.4 Å². The highest BCUT2D eigenvalue weighted by Crippen LogP contribution is 2.31. The minimum absolute atomic E-state index is 0.0923. The van der Waals surface area contributed by atoms with Crippen molar-refractivity contribution in [2.45, 2.75) is 10.8 Å². The Balaban J connectivity index is 1.57. The minimum Gasteiger partial charge on any atom is -0.325 e. The molecule has 0 aliphatic carbocycles. The average molecular weight is 374 g/mol. The summed E-state index contributed by atoms with van der Waals surface area (Å²) in [6.07, 6.45) is 0.367. The van der Waals surface area contributed by atoms with Gasteiger partial charge in [0.2, 0.25) is 5.91 Å². The molecule has 120 valence electrons. The van der Waals surface area contributed by atoms with Gasteiger partial charge in [-0.25, -0.2) is 4.98 Å². The number of anilines is 1. The lowest BCUT2D eigenvalue weighted by Crippen LogP contribution is -2.13. The molecule has 1 aromatic heterocycles. The average Bonchev–Trinajstić information content (AvgIpc) is 2.97. The Morgan fingerprint density at radius 3 is 2.83 bits per heavy atom. The molecule has 4 nitrogen and oxygen atoms in total. The number of aromatic nitrogens is 1. The van der Waals surface area contributed by atoms with Gasteiger partial charge in [0, 0.05) is 10.7 Å². The van der Waals surface area contributed by atoms with E-state index in [1.807, 2.05) is 30.3 Å². The van der Waals surface area contributed by atoms with Crippen molar-refractivity contribution in [3.63, 3.8) is 0 Å². The molecule has 0 saturated carbocycles. The van der Waals surface area contributed by atoms with Gasteiger partial charge < -0.3 is 5.32 Å². The molecular weight excluding hydrogens is 362 g/mol. The normalized spacial score (nSPS) is 10.5.